The zero-order chi connectivity index (χ0) is 10.8. The Morgan fingerprint density at radius 3 is 2.67 bits per heavy atom. The second kappa shape index (κ2) is 3.89. The summed E-state index contributed by atoms with van der Waals surface area (Å²) in [5.41, 5.74) is 4.89. The number of rotatable bonds is 2. The molecule has 0 saturated carbocycles. The fourth-order valence-electron chi connectivity index (χ4n) is 1.69. The lowest BCUT2D eigenvalue weighted by molar-refractivity contribution is 0.867. The summed E-state index contributed by atoms with van der Waals surface area (Å²) in [5.74, 6) is 0.563. The molecular formula is C13H16N2. The van der Waals surface area contributed by atoms with Crippen molar-refractivity contribution < 1.29 is 0 Å². The Bertz CT molecular complexity index is 455. The van der Waals surface area contributed by atoms with E-state index in [4.69, 9.17) is 0 Å². The molecule has 1 aromatic carbocycles. The van der Waals surface area contributed by atoms with Crippen molar-refractivity contribution in [2.75, 3.05) is 0 Å². The summed E-state index contributed by atoms with van der Waals surface area (Å²) in [5, 5.41) is 7.09. The Balaban J connectivity index is 2.46. The first-order chi connectivity index (χ1) is 7.18. The minimum atomic E-state index is 0.563. The molecule has 2 rings (SSSR count). The van der Waals surface area contributed by atoms with Crippen LogP contribution >= 0.6 is 0 Å². The summed E-state index contributed by atoms with van der Waals surface area (Å²) in [6.45, 7) is 6.48. The molecule has 0 atom stereocenters. The van der Waals surface area contributed by atoms with Gasteiger partial charge in [0.05, 0.1) is 11.9 Å². The summed E-state index contributed by atoms with van der Waals surface area (Å²) >= 11 is 0. The van der Waals surface area contributed by atoms with E-state index in [-0.39, 0.29) is 0 Å². The van der Waals surface area contributed by atoms with E-state index in [1.165, 1.54) is 16.7 Å². The molecule has 0 saturated heterocycles. The third-order valence-electron chi connectivity index (χ3n) is 2.67. The Morgan fingerprint density at radius 2 is 2.07 bits per heavy atom. The van der Waals surface area contributed by atoms with Crippen LogP contribution in [0.25, 0.3) is 11.3 Å². The maximum absolute atomic E-state index is 4.05. The van der Waals surface area contributed by atoms with E-state index >= 15 is 0 Å². The molecule has 1 aromatic heterocycles. The molecule has 0 bridgehead atoms. The normalized spacial score (nSPS) is 10.9. The minimum absolute atomic E-state index is 0.563. The summed E-state index contributed by atoms with van der Waals surface area (Å²) in [7, 11) is 0. The van der Waals surface area contributed by atoms with E-state index in [0.29, 0.717) is 5.92 Å². The first-order valence-electron chi connectivity index (χ1n) is 5.29. The molecule has 2 heteroatoms. The average Bonchev–Trinajstić information content (AvgIpc) is 2.64. The lowest BCUT2D eigenvalue weighted by Gasteiger charge is -2.07. The number of hydrogen-bond acceptors (Lipinski definition) is 1. The van der Waals surface area contributed by atoms with Crippen LogP contribution in [0.15, 0.2) is 30.5 Å². The molecule has 0 aliphatic carbocycles. The Kier molecular flexibility index (Phi) is 2.58. The summed E-state index contributed by atoms with van der Waals surface area (Å²) in [6.07, 6.45) is 1.86. The average molecular weight is 200 g/mol. The van der Waals surface area contributed by atoms with E-state index in [1.54, 1.807) is 0 Å². The van der Waals surface area contributed by atoms with Gasteiger partial charge in [-0.2, -0.15) is 5.10 Å². The molecule has 0 spiro atoms. The van der Waals surface area contributed by atoms with Crippen LogP contribution in [-0.2, 0) is 0 Å². The first kappa shape index (κ1) is 9.97. The lowest BCUT2D eigenvalue weighted by atomic mass is 9.99. The lowest BCUT2D eigenvalue weighted by Crippen LogP contribution is -1.88. The number of nitrogens with one attached hydrogen (secondary N) is 1. The van der Waals surface area contributed by atoms with Gasteiger partial charge in [0.2, 0.25) is 0 Å². The zero-order valence-electron chi connectivity index (χ0n) is 9.41. The van der Waals surface area contributed by atoms with Gasteiger partial charge in [-0.3, -0.25) is 5.10 Å². The van der Waals surface area contributed by atoms with Gasteiger partial charge in [0.15, 0.2) is 0 Å². The monoisotopic (exact) mass is 200 g/mol. The highest BCUT2D eigenvalue weighted by Crippen LogP contribution is 2.24. The number of hydrogen-bond donors (Lipinski definition) is 1. The van der Waals surface area contributed by atoms with Gasteiger partial charge in [-0.25, -0.2) is 0 Å². The van der Waals surface area contributed by atoms with Gasteiger partial charge in [0.25, 0.3) is 0 Å². The molecule has 0 fully saturated rings. The summed E-state index contributed by atoms with van der Waals surface area (Å²) in [6, 6.07) is 8.61. The zero-order valence-corrected chi connectivity index (χ0v) is 9.41. The number of H-pyrrole nitrogens is 1. The van der Waals surface area contributed by atoms with Gasteiger partial charge in [0, 0.05) is 5.56 Å². The Hall–Kier alpha value is -1.57. The highest BCUT2D eigenvalue weighted by atomic mass is 15.1. The van der Waals surface area contributed by atoms with Crippen molar-refractivity contribution in [3.05, 3.63) is 41.6 Å². The summed E-state index contributed by atoms with van der Waals surface area (Å²) in [4.78, 5) is 0. The predicted molar refractivity (Wildman–Crippen MR) is 62.8 cm³/mol. The quantitative estimate of drug-likeness (QED) is 0.789. The smallest absolute Gasteiger partial charge is 0.0679 e. The van der Waals surface area contributed by atoms with Gasteiger partial charge in [-0.1, -0.05) is 32.0 Å². The van der Waals surface area contributed by atoms with Gasteiger partial charge in [-0.05, 0) is 30.0 Å². The van der Waals surface area contributed by atoms with E-state index in [2.05, 4.69) is 55.2 Å². The molecule has 1 heterocycles. The van der Waals surface area contributed by atoms with Crippen LogP contribution in [0.4, 0.5) is 0 Å². The van der Waals surface area contributed by atoms with Crippen LogP contribution in [0.1, 0.15) is 30.9 Å². The standard InChI is InChI=1S/C13H16N2/c1-9(2)11-5-4-6-12(7-11)13-10(3)8-14-15-13/h4-9H,1-3H3,(H,14,15). The van der Waals surface area contributed by atoms with Crippen LogP contribution in [-0.4, -0.2) is 10.2 Å². The number of aromatic nitrogens is 2. The molecular weight excluding hydrogens is 184 g/mol. The van der Waals surface area contributed by atoms with Crippen LogP contribution in [0.5, 0.6) is 0 Å². The molecule has 2 aromatic rings. The maximum atomic E-state index is 4.05. The second-order valence-electron chi connectivity index (χ2n) is 4.21. The van der Waals surface area contributed by atoms with E-state index in [1.807, 2.05) is 6.20 Å². The predicted octanol–water partition coefficient (Wildman–Crippen LogP) is 3.51. The number of aryl methyl sites for hydroxylation is 1. The highest BCUT2D eigenvalue weighted by molar-refractivity contribution is 5.63. The number of benzene rings is 1. The molecule has 0 radical (unpaired) electrons. The molecule has 0 unspecified atom stereocenters. The summed E-state index contributed by atoms with van der Waals surface area (Å²) < 4.78 is 0. The van der Waals surface area contributed by atoms with Crippen LogP contribution < -0.4 is 0 Å². The molecule has 0 amide bonds. The molecule has 0 aliphatic rings. The largest absolute Gasteiger partial charge is 0.278 e. The molecule has 15 heavy (non-hydrogen) atoms. The van der Waals surface area contributed by atoms with Crippen LogP contribution in [0, 0.1) is 6.92 Å². The topological polar surface area (TPSA) is 28.7 Å². The van der Waals surface area contributed by atoms with Crippen molar-refractivity contribution in [1.29, 1.82) is 0 Å². The van der Waals surface area contributed by atoms with Crippen LogP contribution in [0.2, 0.25) is 0 Å². The van der Waals surface area contributed by atoms with Gasteiger partial charge in [0.1, 0.15) is 0 Å². The van der Waals surface area contributed by atoms with E-state index in [0.717, 1.165) is 5.69 Å². The molecule has 2 nitrogen and oxygen atoms in total. The van der Waals surface area contributed by atoms with Crippen molar-refractivity contribution in [2.24, 2.45) is 0 Å². The molecule has 1 N–H and O–H groups in total. The van der Waals surface area contributed by atoms with E-state index < -0.39 is 0 Å². The number of aromatic amines is 1. The van der Waals surface area contributed by atoms with Gasteiger partial charge < -0.3 is 0 Å². The SMILES string of the molecule is Cc1cn[nH]c1-c1cccc(C(C)C)c1. The number of nitrogens with zero attached hydrogens (tertiary/aromatic N) is 1. The third-order valence-corrected chi connectivity index (χ3v) is 2.67. The second-order valence-corrected chi connectivity index (χ2v) is 4.21. The van der Waals surface area contributed by atoms with Crippen LogP contribution in [0.3, 0.4) is 0 Å². The molecule has 0 aliphatic heterocycles. The van der Waals surface area contributed by atoms with Crippen molar-refractivity contribution in [3.63, 3.8) is 0 Å². The Labute approximate surface area is 90.3 Å². The van der Waals surface area contributed by atoms with E-state index in [9.17, 15) is 0 Å². The van der Waals surface area contributed by atoms with Gasteiger partial charge in [-0.15, -0.1) is 0 Å². The fraction of sp³-hybridized carbons (Fsp3) is 0.308. The van der Waals surface area contributed by atoms with Crippen molar-refractivity contribution >= 4 is 0 Å². The molecule has 78 valence electrons. The van der Waals surface area contributed by atoms with Gasteiger partial charge >= 0.3 is 0 Å². The Morgan fingerprint density at radius 1 is 1.27 bits per heavy atom. The maximum Gasteiger partial charge on any atom is 0.0679 e. The van der Waals surface area contributed by atoms with Crippen molar-refractivity contribution in [3.8, 4) is 11.3 Å². The van der Waals surface area contributed by atoms with Crippen molar-refractivity contribution in [2.45, 2.75) is 26.7 Å². The highest BCUT2D eigenvalue weighted by Gasteiger charge is 2.05. The van der Waals surface area contributed by atoms with Crippen molar-refractivity contribution in [1.82, 2.24) is 10.2 Å². The third kappa shape index (κ3) is 1.94. The fourth-order valence-corrected chi connectivity index (χ4v) is 1.69. The minimum Gasteiger partial charge on any atom is -0.278 e. The first-order valence-corrected chi connectivity index (χ1v) is 5.29.